The number of hydrogen-bond acceptors (Lipinski definition) is 9. The number of nitrogen functional groups attached to an aromatic ring is 1. The van der Waals surface area contributed by atoms with E-state index >= 15 is 0 Å². The third kappa shape index (κ3) is 5.41. The molecule has 1 atom stereocenters. The Kier molecular flexibility index (Phi) is 7.34. The number of benzene rings is 1. The second kappa shape index (κ2) is 10.1. The maximum absolute atomic E-state index is 8.62. The standard InChI is InChI=1S/C20H27N5O4/c1-26-7-8-29-14-3-4-17(21)16(9-14)20(22)18-10-19(24-13-23-18)25-5-6-28-15(11-25)12-27-2/h3-4,9-10,13,15,22H,5-8,11-12,21H2,1-2H3. The van der Waals surface area contributed by atoms with Crippen LogP contribution < -0.4 is 15.4 Å². The van der Waals surface area contributed by atoms with Crippen molar-refractivity contribution < 1.29 is 18.9 Å². The number of hydrogen-bond donors (Lipinski definition) is 2. The Labute approximate surface area is 170 Å². The van der Waals surface area contributed by atoms with Gasteiger partial charge in [-0.25, -0.2) is 9.97 Å². The lowest BCUT2D eigenvalue weighted by atomic mass is 10.0. The summed E-state index contributed by atoms with van der Waals surface area (Å²) in [6.07, 6.45) is 1.46. The number of nitrogens with zero attached hydrogens (tertiary/aromatic N) is 3. The molecule has 2 aromatic rings. The van der Waals surface area contributed by atoms with Crippen LogP contribution in [0, 0.1) is 5.41 Å². The molecule has 0 bridgehead atoms. The van der Waals surface area contributed by atoms with Crippen LogP contribution in [-0.4, -0.2) is 75.5 Å². The van der Waals surface area contributed by atoms with Crippen LogP contribution in [-0.2, 0) is 14.2 Å². The largest absolute Gasteiger partial charge is 0.491 e. The molecule has 0 saturated carbocycles. The Morgan fingerprint density at radius 1 is 1.24 bits per heavy atom. The van der Waals surface area contributed by atoms with Gasteiger partial charge in [-0.05, 0) is 18.2 Å². The highest BCUT2D eigenvalue weighted by molar-refractivity contribution is 6.13. The summed E-state index contributed by atoms with van der Waals surface area (Å²) in [7, 11) is 3.27. The molecular weight excluding hydrogens is 374 g/mol. The zero-order valence-corrected chi connectivity index (χ0v) is 16.8. The Morgan fingerprint density at radius 3 is 2.90 bits per heavy atom. The van der Waals surface area contributed by atoms with Crippen LogP contribution in [0.2, 0.25) is 0 Å². The molecule has 0 amide bonds. The molecule has 1 aliphatic heterocycles. The van der Waals surface area contributed by atoms with Gasteiger partial charge < -0.3 is 29.6 Å². The SMILES string of the molecule is COCCOc1ccc(N)c(C(=N)c2cc(N3CCOC(COC)C3)ncn2)c1. The fourth-order valence-corrected chi connectivity index (χ4v) is 3.09. The Bertz CT molecular complexity index is 830. The summed E-state index contributed by atoms with van der Waals surface area (Å²) in [5, 5.41) is 8.62. The molecule has 0 radical (unpaired) electrons. The zero-order valence-electron chi connectivity index (χ0n) is 16.8. The number of aromatic nitrogens is 2. The van der Waals surface area contributed by atoms with E-state index in [1.165, 1.54) is 6.33 Å². The molecule has 3 N–H and O–H groups in total. The molecule has 0 aliphatic carbocycles. The van der Waals surface area contributed by atoms with E-state index in [1.54, 1.807) is 38.5 Å². The topological polar surface area (TPSA) is 116 Å². The summed E-state index contributed by atoms with van der Waals surface area (Å²) in [5.41, 5.74) is 7.86. The van der Waals surface area contributed by atoms with Crippen molar-refractivity contribution in [2.75, 3.05) is 64.4 Å². The maximum Gasteiger partial charge on any atom is 0.132 e. The van der Waals surface area contributed by atoms with Gasteiger partial charge in [0.1, 0.15) is 24.5 Å². The third-order valence-electron chi connectivity index (χ3n) is 4.57. The van der Waals surface area contributed by atoms with Gasteiger partial charge in [0.2, 0.25) is 0 Å². The normalized spacial score (nSPS) is 16.6. The van der Waals surface area contributed by atoms with Crippen molar-refractivity contribution in [1.29, 1.82) is 5.41 Å². The van der Waals surface area contributed by atoms with Crippen LogP contribution in [0.1, 0.15) is 11.3 Å². The fourth-order valence-electron chi connectivity index (χ4n) is 3.09. The Balaban J connectivity index is 1.78. The lowest BCUT2D eigenvalue weighted by Gasteiger charge is -2.33. The highest BCUT2D eigenvalue weighted by atomic mass is 16.5. The maximum atomic E-state index is 8.62. The smallest absolute Gasteiger partial charge is 0.132 e. The summed E-state index contributed by atoms with van der Waals surface area (Å²) < 4.78 is 21.5. The van der Waals surface area contributed by atoms with Crippen LogP contribution in [0.5, 0.6) is 5.75 Å². The zero-order chi connectivity index (χ0) is 20.6. The number of rotatable bonds is 9. The van der Waals surface area contributed by atoms with Gasteiger partial charge in [-0.15, -0.1) is 0 Å². The lowest BCUT2D eigenvalue weighted by Crippen LogP contribution is -2.44. The van der Waals surface area contributed by atoms with Crippen molar-refractivity contribution in [2.24, 2.45) is 0 Å². The van der Waals surface area contributed by atoms with Crippen molar-refractivity contribution in [2.45, 2.75) is 6.10 Å². The third-order valence-corrected chi connectivity index (χ3v) is 4.57. The van der Waals surface area contributed by atoms with E-state index in [0.717, 1.165) is 12.4 Å². The van der Waals surface area contributed by atoms with E-state index in [9.17, 15) is 0 Å². The van der Waals surface area contributed by atoms with Crippen LogP contribution >= 0.6 is 0 Å². The minimum atomic E-state index is -0.0109. The predicted molar refractivity (Wildman–Crippen MR) is 110 cm³/mol. The first-order chi connectivity index (χ1) is 14.1. The first-order valence-electron chi connectivity index (χ1n) is 9.40. The van der Waals surface area contributed by atoms with Gasteiger partial charge in [-0.3, -0.25) is 5.41 Å². The van der Waals surface area contributed by atoms with Gasteiger partial charge in [0.25, 0.3) is 0 Å². The molecule has 1 unspecified atom stereocenters. The summed E-state index contributed by atoms with van der Waals surface area (Å²) in [5.74, 6) is 1.37. The number of methoxy groups -OCH3 is 2. The number of morpholine rings is 1. The summed E-state index contributed by atoms with van der Waals surface area (Å²) in [6.45, 7) is 3.41. The second-order valence-corrected chi connectivity index (χ2v) is 6.62. The molecule has 1 aromatic carbocycles. The van der Waals surface area contributed by atoms with Crippen molar-refractivity contribution >= 4 is 17.2 Å². The molecule has 156 valence electrons. The molecule has 1 aromatic heterocycles. The monoisotopic (exact) mass is 401 g/mol. The molecule has 1 fully saturated rings. The molecular formula is C20H27N5O4. The van der Waals surface area contributed by atoms with E-state index < -0.39 is 0 Å². The highest BCUT2D eigenvalue weighted by Gasteiger charge is 2.22. The van der Waals surface area contributed by atoms with Crippen molar-refractivity contribution in [1.82, 2.24) is 9.97 Å². The average molecular weight is 401 g/mol. The van der Waals surface area contributed by atoms with Gasteiger partial charge >= 0.3 is 0 Å². The quantitative estimate of drug-likeness (QED) is 0.368. The molecule has 9 nitrogen and oxygen atoms in total. The Morgan fingerprint density at radius 2 is 2.10 bits per heavy atom. The summed E-state index contributed by atoms with van der Waals surface area (Å²) >= 11 is 0. The van der Waals surface area contributed by atoms with E-state index in [0.29, 0.717) is 55.7 Å². The van der Waals surface area contributed by atoms with Gasteiger partial charge in [0.15, 0.2) is 0 Å². The summed E-state index contributed by atoms with van der Waals surface area (Å²) in [6, 6.07) is 7.05. The van der Waals surface area contributed by atoms with Gasteiger partial charge in [0, 0.05) is 44.6 Å². The molecule has 3 rings (SSSR count). The Hall–Kier alpha value is -2.75. The average Bonchev–Trinajstić information content (AvgIpc) is 2.75. The molecule has 1 aliphatic rings. The molecule has 29 heavy (non-hydrogen) atoms. The summed E-state index contributed by atoms with van der Waals surface area (Å²) in [4.78, 5) is 10.8. The van der Waals surface area contributed by atoms with Gasteiger partial charge in [-0.2, -0.15) is 0 Å². The van der Waals surface area contributed by atoms with E-state index in [-0.39, 0.29) is 11.8 Å². The second-order valence-electron chi connectivity index (χ2n) is 6.62. The van der Waals surface area contributed by atoms with Crippen LogP contribution in [0.15, 0.2) is 30.6 Å². The molecule has 2 heterocycles. The van der Waals surface area contributed by atoms with E-state index in [2.05, 4.69) is 14.9 Å². The van der Waals surface area contributed by atoms with Crippen molar-refractivity contribution in [3.63, 3.8) is 0 Å². The lowest BCUT2D eigenvalue weighted by molar-refractivity contribution is -0.0102. The molecule has 0 spiro atoms. The predicted octanol–water partition coefficient (Wildman–Crippen LogP) is 1.35. The van der Waals surface area contributed by atoms with E-state index in [4.69, 9.17) is 30.1 Å². The van der Waals surface area contributed by atoms with Gasteiger partial charge in [-0.1, -0.05) is 0 Å². The fraction of sp³-hybridized carbons (Fsp3) is 0.450. The van der Waals surface area contributed by atoms with Crippen LogP contribution in [0.4, 0.5) is 11.5 Å². The first-order valence-corrected chi connectivity index (χ1v) is 9.40. The van der Waals surface area contributed by atoms with Crippen LogP contribution in [0.25, 0.3) is 0 Å². The van der Waals surface area contributed by atoms with Crippen molar-refractivity contribution in [3.8, 4) is 5.75 Å². The number of ether oxygens (including phenoxy) is 4. The minimum absolute atomic E-state index is 0.0109. The van der Waals surface area contributed by atoms with E-state index in [1.807, 2.05) is 0 Å². The number of nitrogens with one attached hydrogen (secondary N) is 1. The highest BCUT2D eigenvalue weighted by Crippen LogP contribution is 2.23. The first kappa shape index (κ1) is 21.0. The minimum Gasteiger partial charge on any atom is -0.491 e. The van der Waals surface area contributed by atoms with Gasteiger partial charge in [0.05, 0.1) is 37.3 Å². The van der Waals surface area contributed by atoms with Crippen molar-refractivity contribution in [3.05, 3.63) is 41.9 Å². The molecule has 1 saturated heterocycles. The number of nitrogens with two attached hydrogens (primary N) is 1. The molecule has 9 heteroatoms. The number of anilines is 2. The van der Waals surface area contributed by atoms with Crippen LogP contribution in [0.3, 0.4) is 0 Å².